The van der Waals surface area contributed by atoms with Crippen molar-refractivity contribution in [1.82, 2.24) is 14.9 Å². The molecule has 1 aliphatic heterocycles. The van der Waals surface area contributed by atoms with Gasteiger partial charge in [0, 0.05) is 31.1 Å². The molecule has 2 aromatic carbocycles. The third-order valence-electron chi connectivity index (χ3n) is 5.74. The summed E-state index contributed by atoms with van der Waals surface area (Å²) in [6, 6.07) is 13.7. The van der Waals surface area contributed by atoms with E-state index in [-0.39, 0.29) is 28.8 Å². The molecule has 1 aliphatic carbocycles. The van der Waals surface area contributed by atoms with Crippen molar-refractivity contribution >= 4 is 21.8 Å². The van der Waals surface area contributed by atoms with Crippen LogP contribution in [0.4, 0.5) is 0 Å². The van der Waals surface area contributed by atoms with Crippen LogP contribution in [0.2, 0.25) is 0 Å². The number of nitrogens with zero attached hydrogens (tertiary/aromatic N) is 1. The molecule has 2 amide bonds. The number of hydrogen-bond acceptors (Lipinski definition) is 4. The quantitative estimate of drug-likeness (QED) is 0.658. The summed E-state index contributed by atoms with van der Waals surface area (Å²) in [4.78, 5) is 27.2. The van der Waals surface area contributed by atoms with Gasteiger partial charge < -0.3 is 10.2 Å². The second-order valence-corrected chi connectivity index (χ2v) is 9.97. The molecule has 1 atom stereocenters. The topological polar surface area (TPSA) is 95.6 Å². The second-order valence-electron chi connectivity index (χ2n) is 8.25. The first kappa shape index (κ1) is 21.5. The van der Waals surface area contributed by atoms with E-state index in [1.54, 1.807) is 17.9 Å². The summed E-state index contributed by atoms with van der Waals surface area (Å²) in [5.74, 6) is -0.271. The minimum Gasteiger partial charge on any atom is -0.343 e. The van der Waals surface area contributed by atoms with Crippen LogP contribution in [0.1, 0.15) is 53.2 Å². The van der Waals surface area contributed by atoms with E-state index < -0.39 is 10.0 Å². The molecule has 4 rings (SSSR count). The van der Waals surface area contributed by atoms with E-state index in [9.17, 15) is 18.0 Å². The first-order valence-corrected chi connectivity index (χ1v) is 12.1. The number of carbonyl (C=O) groups is 2. The van der Waals surface area contributed by atoms with Crippen molar-refractivity contribution in [2.45, 2.75) is 49.6 Å². The highest BCUT2D eigenvalue weighted by Gasteiger charge is 2.29. The van der Waals surface area contributed by atoms with Crippen LogP contribution in [-0.4, -0.2) is 44.3 Å². The Labute approximate surface area is 182 Å². The van der Waals surface area contributed by atoms with Crippen molar-refractivity contribution in [2.75, 3.05) is 13.1 Å². The number of rotatable bonds is 8. The molecule has 2 fully saturated rings. The molecule has 2 aliphatic rings. The van der Waals surface area contributed by atoms with Crippen LogP contribution in [-0.2, 0) is 14.8 Å². The summed E-state index contributed by atoms with van der Waals surface area (Å²) in [6.45, 7) is 2.84. The lowest BCUT2D eigenvalue weighted by Gasteiger charge is -2.25. The van der Waals surface area contributed by atoms with Gasteiger partial charge in [0.25, 0.3) is 5.91 Å². The molecule has 164 valence electrons. The van der Waals surface area contributed by atoms with Gasteiger partial charge in [0.2, 0.25) is 15.9 Å². The lowest BCUT2D eigenvalue weighted by Crippen LogP contribution is -2.39. The molecule has 7 nitrogen and oxygen atoms in total. The van der Waals surface area contributed by atoms with Crippen molar-refractivity contribution in [3.8, 4) is 0 Å². The first-order chi connectivity index (χ1) is 14.8. The number of likely N-dealkylation sites (tertiary alicyclic amines) is 1. The Balaban J connectivity index is 1.58. The Morgan fingerprint density at radius 1 is 1.16 bits per heavy atom. The molecule has 1 saturated heterocycles. The Morgan fingerprint density at radius 2 is 1.90 bits per heavy atom. The smallest absolute Gasteiger partial charge is 0.252 e. The lowest BCUT2D eigenvalue weighted by molar-refractivity contribution is -0.128. The molecular weight excluding hydrogens is 414 g/mol. The second kappa shape index (κ2) is 8.80. The Morgan fingerprint density at radius 3 is 2.55 bits per heavy atom. The van der Waals surface area contributed by atoms with Crippen molar-refractivity contribution in [2.24, 2.45) is 0 Å². The summed E-state index contributed by atoms with van der Waals surface area (Å²) >= 11 is 0. The van der Waals surface area contributed by atoms with Gasteiger partial charge in [-0.2, -0.15) is 0 Å². The number of sulfonamides is 1. The summed E-state index contributed by atoms with van der Waals surface area (Å²) in [5, 5.41) is 3.02. The van der Waals surface area contributed by atoms with E-state index >= 15 is 0 Å². The van der Waals surface area contributed by atoms with Gasteiger partial charge in [-0.25, -0.2) is 13.1 Å². The Hall–Kier alpha value is -2.71. The highest BCUT2D eigenvalue weighted by atomic mass is 32.2. The summed E-state index contributed by atoms with van der Waals surface area (Å²) in [7, 11) is -3.66. The fourth-order valence-corrected chi connectivity index (χ4v) is 5.11. The minimum atomic E-state index is -3.66. The number of benzene rings is 2. The Kier molecular flexibility index (Phi) is 6.11. The van der Waals surface area contributed by atoms with Crippen LogP contribution < -0.4 is 10.0 Å². The van der Waals surface area contributed by atoms with Crippen LogP contribution in [0.15, 0.2) is 53.4 Å². The van der Waals surface area contributed by atoms with Crippen LogP contribution in [0.25, 0.3) is 0 Å². The predicted molar refractivity (Wildman–Crippen MR) is 117 cm³/mol. The van der Waals surface area contributed by atoms with Gasteiger partial charge in [-0.05, 0) is 49.4 Å². The zero-order valence-electron chi connectivity index (χ0n) is 17.5. The zero-order chi connectivity index (χ0) is 22.0. The van der Waals surface area contributed by atoms with Gasteiger partial charge in [0.15, 0.2) is 0 Å². The van der Waals surface area contributed by atoms with Crippen molar-refractivity contribution in [3.05, 3.63) is 65.2 Å². The number of aryl methyl sites for hydroxylation is 1. The van der Waals surface area contributed by atoms with Crippen molar-refractivity contribution in [1.29, 1.82) is 0 Å². The SMILES string of the molecule is Cc1ccc(S(=O)(=O)NC2CC2)cc1C(=O)NC(CN1CCCC1=O)c1ccccc1. The van der Waals surface area contributed by atoms with E-state index in [2.05, 4.69) is 10.0 Å². The zero-order valence-corrected chi connectivity index (χ0v) is 18.3. The summed E-state index contributed by atoms with van der Waals surface area (Å²) in [6.07, 6.45) is 3.03. The number of carbonyl (C=O) groups excluding carboxylic acids is 2. The molecule has 1 saturated carbocycles. The van der Waals surface area contributed by atoms with Crippen molar-refractivity contribution < 1.29 is 18.0 Å². The Bertz CT molecular complexity index is 1080. The molecular formula is C23H27N3O4S. The molecule has 8 heteroatoms. The molecule has 1 unspecified atom stereocenters. The largest absolute Gasteiger partial charge is 0.343 e. The van der Waals surface area contributed by atoms with E-state index in [0.717, 1.165) is 24.8 Å². The molecule has 31 heavy (non-hydrogen) atoms. The maximum Gasteiger partial charge on any atom is 0.252 e. The van der Waals surface area contributed by atoms with E-state index in [1.165, 1.54) is 12.1 Å². The van der Waals surface area contributed by atoms with Crippen LogP contribution in [0.3, 0.4) is 0 Å². The van der Waals surface area contributed by atoms with Gasteiger partial charge in [-0.3, -0.25) is 9.59 Å². The molecule has 1 heterocycles. The average Bonchev–Trinajstić information content (AvgIpc) is 3.46. The molecule has 2 aromatic rings. The van der Waals surface area contributed by atoms with E-state index in [1.807, 2.05) is 30.3 Å². The normalized spacial score (nSPS) is 17.6. The lowest BCUT2D eigenvalue weighted by atomic mass is 10.0. The molecule has 0 aromatic heterocycles. The van der Waals surface area contributed by atoms with Gasteiger partial charge in [0.05, 0.1) is 10.9 Å². The minimum absolute atomic E-state index is 0.0101. The molecule has 2 N–H and O–H groups in total. The van der Waals surface area contributed by atoms with Gasteiger partial charge in [-0.1, -0.05) is 36.4 Å². The van der Waals surface area contributed by atoms with E-state index in [4.69, 9.17) is 0 Å². The summed E-state index contributed by atoms with van der Waals surface area (Å²) in [5.41, 5.74) is 1.90. The third-order valence-corrected chi connectivity index (χ3v) is 7.26. The highest BCUT2D eigenvalue weighted by molar-refractivity contribution is 7.89. The number of amides is 2. The maximum atomic E-state index is 13.2. The van der Waals surface area contributed by atoms with E-state index in [0.29, 0.717) is 30.6 Å². The van der Waals surface area contributed by atoms with Crippen LogP contribution in [0, 0.1) is 6.92 Å². The first-order valence-electron chi connectivity index (χ1n) is 10.6. The van der Waals surface area contributed by atoms with Crippen LogP contribution in [0.5, 0.6) is 0 Å². The fourth-order valence-electron chi connectivity index (χ4n) is 3.77. The standard InChI is InChI=1S/C23H27N3O4S/c1-16-9-12-19(31(29,30)25-18-10-11-18)14-20(16)23(28)24-21(17-6-3-2-4-7-17)15-26-13-5-8-22(26)27/h2-4,6-7,9,12,14,18,21,25H,5,8,10-11,13,15H2,1H3,(H,24,28). The summed E-state index contributed by atoms with van der Waals surface area (Å²) < 4.78 is 27.8. The predicted octanol–water partition coefficient (Wildman–Crippen LogP) is 2.53. The number of hydrogen-bond donors (Lipinski definition) is 2. The molecule has 0 bridgehead atoms. The third kappa shape index (κ3) is 5.14. The van der Waals surface area contributed by atoms with Crippen LogP contribution >= 0.6 is 0 Å². The highest BCUT2D eigenvalue weighted by Crippen LogP contribution is 2.24. The fraction of sp³-hybridized carbons (Fsp3) is 0.391. The number of nitrogens with one attached hydrogen (secondary N) is 2. The van der Waals surface area contributed by atoms with Gasteiger partial charge >= 0.3 is 0 Å². The van der Waals surface area contributed by atoms with Gasteiger partial charge in [-0.15, -0.1) is 0 Å². The average molecular weight is 442 g/mol. The molecule has 0 spiro atoms. The van der Waals surface area contributed by atoms with Crippen molar-refractivity contribution in [3.63, 3.8) is 0 Å². The maximum absolute atomic E-state index is 13.2. The monoisotopic (exact) mass is 441 g/mol. The van der Waals surface area contributed by atoms with Gasteiger partial charge in [0.1, 0.15) is 0 Å². The molecule has 0 radical (unpaired) electrons.